The summed E-state index contributed by atoms with van der Waals surface area (Å²) in [4.78, 5) is 13.6. The molecule has 0 bridgehead atoms. The summed E-state index contributed by atoms with van der Waals surface area (Å²) in [5.74, 6) is -0.120. The van der Waals surface area contributed by atoms with E-state index in [1.54, 1.807) is 17.0 Å². The molecule has 2 atom stereocenters. The van der Waals surface area contributed by atoms with Gasteiger partial charge < -0.3 is 4.90 Å². The fourth-order valence-corrected chi connectivity index (χ4v) is 6.49. The van der Waals surface area contributed by atoms with Crippen molar-refractivity contribution < 1.29 is 26.4 Å². The molecule has 31 heavy (non-hydrogen) atoms. The number of halogens is 3. The van der Waals surface area contributed by atoms with E-state index in [1.165, 1.54) is 35.5 Å². The number of fused-ring (bicyclic) bond motifs is 1. The van der Waals surface area contributed by atoms with E-state index in [1.807, 2.05) is 6.92 Å². The first-order valence-corrected chi connectivity index (χ1v) is 11.6. The van der Waals surface area contributed by atoms with Crippen LogP contribution < -0.4 is 4.90 Å². The maximum atomic E-state index is 13.5. The molecule has 1 fully saturated rings. The number of benzene rings is 2. The van der Waals surface area contributed by atoms with Gasteiger partial charge >= 0.3 is 6.18 Å². The summed E-state index contributed by atoms with van der Waals surface area (Å²) in [6.07, 6.45) is -3.23. The smallest absolute Gasteiger partial charge is 0.309 e. The Morgan fingerprint density at radius 2 is 1.84 bits per heavy atom. The lowest BCUT2D eigenvalue weighted by Gasteiger charge is -2.27. The van der Waals surface area contributed by atoms with Gasteiger partial charge in [-0.3, -0.25) is 4.79 Å². The number of rotatable bonds is 3. The van der Waals surface area contributed by atoms with Crippen LogP contribution in [0.1, 0.15) is 49.4 Å². The molecule has 2 aromatic carbocycles. The maximum Gasteiger partial charge on any atom is 0.416 e. The van der Waals surface area contributed by atoms with E-state index in [-0.39, 0.29) is 29.0 Å². The zero-order chi connectivity index (χ0) is 22.6. The largest absolute Gasteiger partial charge is 0.416 e. The van der Waals surface area contributed by atoms with Crippen LogP contribution >= 0.6 is 0 Å². The van der Waals surface area contributed by atoms with Crippen LogP contribution in [-0.2, 0) is 27.4 Å². The van der Waals surface area contributed by atoms with Crippen molar-refractivity contribution in [3.8, 4) is 0 Å². The van der Waals surface area contributed by atoms with Gasteiger partial charge in [0.15, 0.2) is 0 Å². The number of alkyl halides is 3. The molecule has 2 heterocycles. The van der Waals surface area contributed by atoms with Gasteiger partial charge in [-0.05, 0) is 61.6 Å². The normalized spacial score (nSPS) is 22.0. The number of hydrogen-bond acceptors (Lipinski definition) is 3. The molecule has 166 valence electrons. The predicted octanol–water partition coefficient (Wildman–Crippen LogP) is 4.53. The van der Waals surface area contributed by atoms with E-state index in [0.717, 1.165) is 11.6 Å². The Morgan fingerprint density at radius 3 is 2.52 bits per heavy atom. The molecule has 9 heteroatoms. The van der Waals surface area contributed by atoms with Crippen molar-refractivity contribution in [3.05, 3.63) is 59.2 Å². The van der Waals surface area contributed by atoms with E-state index in [0.29, 0.717) is 24.9 Å². The van der Waals surface area contributed by atoms with Gasteiger partial charge in [0, 0.05) is 25.2 Å². The third-order valence-corrected chi connectivity index (χ3v) is 7.95. The lowest BCUT2D eigenvalue weighted by atomic mass is 9.99. The molecule has 0 aliphatic carbocycles. The van der Waals surface area contributed by atoms with Crippen LogP contribution in [0.4, 0.5) is 18.9 Å². The van der Waals surface area contributed by atoms with Crippen LogP contribution in [0.5, 0.6) is 0 Å². The minimum atomic E-state index is -4.56. The van der Waals surface area contributed by atoms with Gasteiger partial charge in [-0.25, -0.2) is 8.42 Å². The SMILES string of the molecule is CC(=O)N1c2ccc(S(=O)(=O)N3CCCC3c3ccccc3C(F)(F)F)cc2CC1C. The summed E-state index contributed by atoms with van der Waals surface area (Å²) in [6.45, 7) is 3.51. The lowest BCUT2D eigenvalue weighted by Crippen LogP contribution is -2.33. The molecule has 2 aromatic rings. The van der Waals surface area contributed by atoms with E-state index >= 15 is 0 Å². The maximum absolute atomic E-state index is 13.5. The van der Waals surface area contributed by atoms with Gasteiger partial charge in [0.25, 0.3) is 0 Å². The van der Waals surface area contributed by atoms with E-state index < -0.39 is 27.8 Å². The molecule has 5 nitrogen and oxygen atoms in total. The minimum Gasteiger partial charge on any atom is -0.309 e. The highest BCUT2D eigenvalue weighted by Gasteiger charge is 2.42. The highest BCUT2D eigenvalue weighted by Crippen LogP contribution is 2.43. The Bertz CT molecular complexity index is 1130. The van der Waals surface area contributed by atoms with Crippen molar-refractivity contribution in [3.63, 3.8) is 0 Å². The van der Waals surface area contributed by atoms with Gasteiger partial charge in [0.05, 0.1) is 16.5 Å². The van der Waals surface area contributed by atoms with Crippen molar-refractivity contribution >= 4 is 21.6 Å². The van der Waals surface area contributed by atoms with Crippen molar-refractivity contribution in [2.75, 3.05) is 11.4 Å². The van der Waals surface area contributed by atoms with E-state index in [2.05, 4.69) is 0 Å². The summed E-state index contributed by atoms with van der Waals surface area (Å²) < 4.78 is 68.7. The van der Waals surface area contributed by atoms with Crippen LogP contribution in [0, 0.1) is 0 Å². The first-order chi connectivity index (χ1) is 14.5. The van der Waals surface area contributed by atoms with Crippen LogP contribution in [0.3, 0.4) is 0 Å². The Kier molecular flexibility index (Phi) is 5.37. The number of nitrogens with zero attached hydrogens (tertiary/aromatic N) is 2. The molecule has 1 amide bonds. The highest BCUT2D eigenvalue weighted by molar-refractivity contribution is 7.89. The first-order valence-electron chi connectivity index (χ1n) is 10.1. The Labute approximate surface area is 179 Å². The molecule has 0 saturated carbocycles. The molecule has 2 aliphatic rings. The van der Waals surface area contributed by atoms with Gasteiger partial charge in [-0.2, -0.15) is 17.5 Å². The lowest BCUT2D eigenvalue weighted by molar-refractivity contribution is -0.138. The predicted molar refractivity (Wildman–Crippen MR) is 110 cm³/mol. The number of hydrogen-bond donors (Lipinski definition) is 0. The molecule has 0 N–H and O–H groups in total. The fraction of sp³-hybridized carbons (Fsp3) is 0.409. The van der Waals surface area contributed by atoms with Crippen molar-refractivity contribution in [2.45, 2.75) is 56.3 Å². The van der Waals surface area contributed by atoms with Gasteiger partial charge in [-0.1, -0.05) is 18.2 Å². The number of anilines is 1. The molecule has 0 radical (unpaired) electrons. The molecule has 4 rings (SSSR count). The standard InChI is InChI=1S/C22H23F3N2O3S/c1-14-12-16-13-17(9-10-20(16)27(14)15(2)28)31(29,30)26-11-5-8-21(26)18-6-3-4-7-19(18)22(23,24)25/h3-4,6-7,9-10,13-14,21H,5,8,11-12H2,1-2H3. The fourth-order valence-electron chi connectivity index (χ4n) is 4.77. The summed E-state index contributed by atoms with van der Waals surface area (Å²) in [6, 6.07) is 8.81. The Balaban J connectivity index is 1.72. The third-order valence-electron chi connectivity index (χ3n) is 6.04. The van der Waals surface area contributed by atoms with Crippen LogP contribution in [0.15, 0.2) is 47.4 Å². The van der Waals surface area contributed by atoms with Crippen LogP contribution in [-0.4, -0.2) is 31.2 Å². The topological polar surface area (TPSA) is 57.7 Å². The third kappa shape index (κ3) is 3.74. The van der Waals surface area contributed by atoms with Crippen molar-refractivity contribution in [2.24, 2.45) is 0 Å². The number of amides is 1. The summed E-state index contributed by atoms with van der Waals surface area (Å²) >= 11 is 0. The molecule has 2 aliphatic heterocycles. The minimum absolute atomic E-state index is 0.0198. The highest BCUT2D eigenvalue weighted by atomic mass is 32.2. The second-order valence-corrected chi connectivity index (χ2v) is 9.98. The van der Waals surface area contributed by atoms with E-state index in [4.69, 9.17) is 0 Å². The van der Waals surface area contributed by atoms with E-state index in [9.17, 15) is 26.4 Å². The van der Waals surface area contributed by atoms with Gasteiger partial charge in [-0.15, -0.1) is 0 Å². The zero-order valence-electron chi connectivity index (χ0n) is 17.2. The second-order valence-electron chi connectivity index (χ2n) is 8.09. The Hall–Kier alpha value is -2.39. The molecule has 0 aromatic heterocycles. The summed E-state index contributed by atoms with van der Waals surface area (Å²) in [7, 11) is -4.01. The van der Waals surface area contributed by atoms with Crippen LogP contribution in [0.25, 0.3) is 0 Å². The quantitative estimate of drug-likeness (QED) is 0.688. The summed E-state index contributed by atoms with van der Waals surface area (Å²) in [5.41, 5.74) is 0.602. The molecular weight excluding hydrogens is 429 g/mol. The molecule has 0 spiro atoms. The number of carbonyl (C=O) groups is 1. The van der Waals surface area contributed by atoms with Crippen LogP contribution in [0.2, 0.25) is 0 Å². The zero-order valence-corrected chi connectivity index (χ0v) is 18.0. The average Bonchev–Trinajstić information content (AvgIpc) is 3.30. The first kappa shape index (κ1) is 21.8. The van der Waals surface area contributed by atoms with Crippen molar-refractivity contribution in [1.82, 2.24) is 4.31 Å². The van der Waals surface area contributed by atoms with Gasteiger partial charge in [0.1, 0.15) is 0 Å². The second kappa shape index (κ2) is 7.63. The molecule has 1 saturated heterocycles. The average molecular weight is 452 g/mol. The Morgan fingerprint density at radius 1 is 1.13 bits per heavy atom. The van der Waals surface area contributed by atoms with Crippen molar-refractivity contribution in [1.29, 1.82) is 0 Å². The van der Waals surface area contributed by atoms with Gasteiger partial charge in [0.2, 0.25) is 15.9 Å². The number of sulfonamides is 1. The monoisotopic (exact) mass is 452 g/mol. The molecular formula is C22H23F3N2O3S. The molecule has 2 unspecified atom stereocenters. The number of carbonyl (C=O) groups excluding carboxylic acids is 1. The summed E-state index contributed by atoms with van der Waals surface area (Å²) in [5, 5.41) is 0.